The van der Waals surface area contributed by atoms with Gasteiger partial charge in [-0.25, -0.2) is 9.69 Å². The maximum atomic E-state index is 10.7. The van der Waals surface area contributed by atoms with Crippen LogP contribution in [0.4, 0.5) is 4.79 Å². The minimum Gasteiger partial charge on any atom is -0.465 e. The lowest BCUT2D eigenvalue weighted by atomic mass is 10.1. The molecule has 0 saturated carbocycles. The number of carbonyl (C=O) groups is 2. The second kappa shape index (κ2) is 3.13. The van der Waals surface area contributed by atoms with E-state index in [0.29, 0.717) is 12.2 Å². The third kappa shape index (κ3) is 1.48. The van der Waals surface area contributed by atoms with Gasteiger partial charge in [0.2, 0.25) is 5.91 Å². The topological polar surface area (TPSA) is 57.6 Å². The predicted octanol–water partition coefficient (Wildman–Crippen LogP) is 0.628. The summed E-state index contributed by atoms with van der Waals surface area (Å²) >= 11 is 1.55. The van der Waals surface area contributed by atoms with Gasteiger partial charge in [0, 0.05) is 12.2 Å². The van der Waals surface area contributed by atoms with Crippen LogP contribution < -0.4 is 0 Å². The van der Waals surface area contributed by atoms with Crippen LogP contribution in [0.25, 0.3) is 0 Å². The van der Waals surface area contributed by atoms with Gasteiger partial charge in [0.05, 0.1) is 6.04 Å². The summed E-state index contributed by atoms with van der Waals surface area (Å²) in [5.41, 5.74) is 0. The van der Waals surface area contributed by atoms with Gasteiger partial charge in [-0.1, -0.05) is 0 Å². The molecule has 0 unspecified atom stereocenters. The van der Waals surface area contributed by atoms with Gasteiger partial charge in [0.1, 0.15) is 0 Å². The highest BCUT2D eigenvalue weighted by Crippen LogP contribution is 2.21. The molecule has 4 nitrogen and oxygen atoms in total. The number of hydrogen-bond donors (Lipinski definition) is 1. The van der Waals surface area contributed by atoms with Crippen molar-refractivity contribution in [2.75, 3.05) is 12.0 Å². The summed E-state index contributed by atoms with van der Waals surface area (Å²) in [6.45, 7) is 0. The zero-order chi connectivity index (χ0) is 8.43. The molecule has 0 radical (unpaired) electrons. The molecule has 1 heterocycles. The van der Waals surface area contributed by atoms with Crippen LogP contribution in [-0.4, -0.2) is 40.1 Å². The fraction of sp³-hybridized carbons (Fsp3) is 0.667. The molecule has 0 spiro atoms. The lowest BCUT2D eigenvalue weighted by Crippen LogP contribution is -2.56. The van der Waals surface area contributed by atoms with Crippen LogP contribution in [0.1, 0.15) is 6.42 Å². The number of amides is 2. The zero-order valence-electron chi connectivity index (χ0n) is 6.11. The van der Waals surface area contributed by atoms with E-state index in [-0.39, 0.29) is 11.9 Å². The van der Waals surface area contributed by atoms with E-state index in [9.17, 15) is 9.59 Å². The summed E-state index contributed by atoms with van der Waals surface area (Å²) in [5, 5.41) is 8.50. The van der Waals surface area contributed by atoms with Crippen molar-refractivity contribution in [1.82, 2.24) is 4.90 Å². The first-order valence-electron chi connectivity index (χ1n) is 3.20. The summed E-state index contributed by atoms with van der Waals surface area (Å²) in [7, 11) is 0. The van der Waals surface area contributed by atoms with Crippen molar-refractivity contribution in [2.24, 2.45) is 0 Å². The number of nitrogens with zero attached hydrogens (tertiary/aromatic N) is 1. The number of β-lactam (4-membered cyclic amide) rings is 1. The molecule has 1 saturated heterocycles. The molecule has 0 bridgehead atoms. The molecule has 0 aromatic carbocycles. The maximum Gasteiger partial charge on any atom is 0.414 e. The Morgan fingerprint density at radius 1 is 1.91 bits per heavy atom. The number of imide groups is 1. The van der Waals surface area contributed by atoms with Gasteiger partial charge in [-0.05, 0) is 6.26 Å². The molecule has 0 aliphatic carbocycles. The molecule has 62 valence electrons. The average molecular weight is 175 g/mol. The number of carboxylic acid groups (broad SMARTS) is 1. The Morgan fingerprint density at radius 3 is 2.91 bits per heavy atom. The van der Waals surface area contributed by atoms with Crippen molar-refractivity contribution in [2.45, 2.75) is 12.5 Å². The van der Waals surface area contributed by atoms with E-state index in [4.69, 9.17) is 5.11 Å². The van der Waals surface area contributed by atoms with Crippen LogP contribution in [0.5, 0.6) is 0 Å². The van der Waals surface area contributed by atoms with Crippen molar-refractivity contribution < 1.29 is 14.7 Å². The average Bonchev–Trinajstić information content (AvgIpc) is 1.85. The molecule has 5 heteroatoms. The van der Waals surface area contributed by atoms with Gasteiger partial charge in [-0.3, -0.25) is 4.79 Å². The Hall–Kier alpha value is -0.710. The quantitative estimate of drug-likeness (QED) is 0.625. The van der Waals surface area contributed by atoms with Crippen LogP contribution >= 0.6 is 11.8 Å². The lowest BCUT2D eigenvalue weighted by Gasteiger charge is -2.35. The van der Waals surface area contributed by atoms with E-state index in [0.717, 1.165) is 4.90 Å². The van der Waals surface area contributed by atoms with Gasteiger partial charge >= 0.3 is 6.09 Å². The number of carbonyl (C=O) groups excluding carboxylic acids is 1. The fourth-order valence-corrected chi connectivity index (χ4v) is 1.72. The molecule has 2 amide bonds. The maximum absolute atomic E-state index is 10.7. The standard InChI is InChI=1S/C6H9NO3S/c1-11-3-4-2-5(8)7(4)6(9)10/h4H,2-3H2,1H3,(H,9,10)/t4-/m1/s1. The van der Waals surface area contributed by atoms with E-state index in [2.05, 4.69) is 0 Å². The molecule has 0 aromatic heterocycles. The Kier molecular flexibility index (Phi) is 2.38. The first kappa shape index (κ1) is 8.39. The molecule has 1 N–H and O–H groups in total. The lowest BCUT2D eigenvalue weighted by molar-refractivity contribution is -0.140. The Bertz CT molecular complexity index is 186. The van der Waals surface area contributed by atoms with Crippen molar-refractivity contribution in [1.29, 1.82) is 0 Å². The summed E-state index contributed by atoms with van der Waals surface area (Å²) in [5.74, 6) is 0.425. The van der Waals surface area contributed by atoms with Crippen molar-refractivity contribution in [3.8, 4) is 0 Å². The summed E-state index contributed by atoms with van der Waals surface area (Å²) < 4.78 is 0. The van der Waals surface area contributed by atoms with E-state index in [1.165, 1.54) is 0 Å². The normalized spacial score (nSPS) is 23.2. The highest BCUT2D eigenvalue weighted by Gasteiger charge is 2.40. The van der Waals surface area contributed by atoms with Gasteiger partial charge in [-0.15, -0.1) is 0 Å². The van der Waals surface area contributed by atoms with Crippen molar-refractivity contribution in [3.05, 3.63) is 0 Å². The summed E-state index contributed by atoms with van der Waals surface area (Å²) in [6, 6.07) is -0.0880. The van der Waals surface area contributed by atoms with E-state index in [1.54, 1.807) is 11.8 Å². The van der Waals surface area contributed by atoms with Crippen LogP contribution in [0.2, 0.25) is 0 Å². The molecule has 1 atom stereocenters. The first-order valence-corrected chi connectivity index (χ1v) is 4.60. The third-order valence-corrected chi connectivity index (χ3v) is 2.33. The Morgan fingerprint density at radius 2 is 2.55 bits per heavy atom. The smallest absolute Gasteiger partial charge is 0.414 e. The first-order chi connectivity index (χ1) is 5.16. The van der Waals surface area contributed by atoms with E-state index < -0.39 is 6.09 Å². The number of hydrogen-bond acceptors (Lipinski definition) is 3. The van der Waals surface area contributed by atoms with Gasteiger partial charge in [0.15, 0.2) is 0 Å². The molecule has 11 heavy (non-hydrogen) atoms. The Balaban J connectivity index is 2.48. The number of rotatable bonds is 2. The zero-order valence-corrected chi connectivity index (χ0v) is 6.93. The van der Waals surface area contributed by atoms with Crippen LogP contribution in [0, 0.1) is 0 Å². The molecule has 1 aliphatic heterocycles. The minimum absolute atomic E-state index is 0.0880. The summed E-state index contributed by atoms with van der Waals surface area (Å²) in [4.78, 5) is 22.0. The van der Waals surface area contributed by atoms with Crippen LogP contribution in [-0.2, 0) is 4.79 Å². The van der Waals surface area contributed by atoms with Crippen LogP contribution in [0.15, 0.2) is 0 Å². The SMILES string of the molecule is CSC[C@H]1CC(=O)N1C(=O)O. The highest BCUT2D eigenvalue weighted by molar-refractivity contribution is 7.98. The van der Waals surface area contributed by atoms with Crippen molar-refractivity contribution in [3.63, 3.8) is 0 Å². The monoisotopic (exact) mass is 175 g/mol. The number of likely N-dealkylation sites (tertiary alicyclic amines) is 1. The molecular weight excluding hydrogens is 166 g/mol. The van der Waals surface area contributed by atoms with Crippen LogP contribution in [0.3, 0.4) is 0 Å². The second-order valence-corrected chi connectivity index (χ2v) is 3.27. The molecular formula is C6H9NO3S. The van der Waals surface area contributed by atoms with Crippen molar-refractivity contribution >= 4 is 23.8 Å². The van der Waals surface area contributed by atoms with E-state index in [1.807, 2.05) is 6.26 Å². The molecule has 0 aromatic rings. The molecule has 1 fully saturated rings. The largest absolute Gasteiger partial charge is 0.465 e. The van der Waals surface area contributed by atoms with Gasteiger partial charge < -0.3 is 5.11 Å². The highest BCUT2D eigenvalue weighted by atomic mass is 32.2. The molecule has 1 aliphatic rings. The summed E-state index contributed by atoms with van der Waals surface area (Å²) in [6.07, 6.45) is 1.15. The van der Waals surface area contributed by atoms with Gasteiger partial charge in [-0.2, -0.15) is 11.8 Å². The molecule has 1 rings (SSSR count). The number of thioether (sulfide) groups is 1. The second-order valence-electron chi connectivity index (χ2n) is 2.36. The minimum atomic E-state index is -1.12. The third-order valence-electron chi connectivity index (χ3n) is 1.61. The Labute approximate surface area is 68.6 Å². The van der Waals surface area contributed by atoms with Gasteiger partial charge in [0.25, 0.3) is 0 Å². The predicted molar refractivity (Wildman–Crippen MR) is 41.7 cm³/mol. The fourth-order valence-electron chi connectivity index (χ4n) is 1.07. The van der Waals surface area contributed by atoms with E-state index >= 15 is 0 Å².